The van der Waals surface area contributed by atoms with Gasteiger partial charge in [0.2, 0.25) is 9.47 Å². The molecule has 0 N–H and O–H groups in total. The van der Waals surface area contributed by atoms with Crippen molar-refractivity contribution < 1.29 is 4.79 Å². The smallest absolute Gasteiger partial charge is 0.284 e. The lowest BCUT2D eigenvalue weighted by Crippen LogP contribution is -2.36. The molecule has 0 aromatic carbocycles. The van der Waals surface area contributed by atoms with E-state index in [0.717, 1.165) is 17.8 Å². The lowest BCUT2D eigenvalue weighted by molar-refractivity contribution is 0.0742. The molecule has 2 heterocycles. The maximum Gasteiger partial charge on any atom is 0.284 e. The van der Waals surface area contributed by atoms with Gasteiger partial charge in [0.05, 0.1) is 0 Å². The topological polar surface area (TPSA) is 46.1 Å². The number of nitrogens with zero attached hydrogens (tertiary/aromatic N) is 3. The molecule has 0 saturated carbocycles. The molecule has 96 valence electrons. The highest BCUT2D eigenvalue weighted by Gasteiger charge is 2.21. The van der Waals surface area contributed by atoms with E-state index in [-0.39, 0.29) is 16.4 Å². The molecular formula is C11H12ClN3OS2. The lowest BCUT2D eigenvalue weighted by Gasteiger charge is -2.23. The predicted molar refractivity (Wildman–Crippen MR) is 74.5 cm³/mol. The Morgan fingerprint density at radius 3 is 2.89 bits per heavy atom. The van der Waals surface area contributed by atoms with Crippen molar-refractivity contribution in [1.29, 1.82) is 0 Å². The molecule has 0 saturated heterocycles. The minimum atomic E-state index is -0.136. The highest BCUT2D eigenvalue weighted by molar-refractivity contribution is 7.17. The molecule has 0 radical (unpaired) electrons. The summed E-state index contributed by atoms with van der Waals surface area (Å²) < 4.78 is 0.289. The Morgan fingerprint density at radius 1 is 1.56 bits per heavy atom. The first-order chi connectivity index (χ1) is 8.58. The van der Waals surface area contributed by atoms with Crippen molar-refractivity contribution in [2.24, 2.45) is 0 Å². The van der Waals surface area contributed by atoms with Crippen molar-refractivity contribution >= 4 is 40.2 Å². The Kier molecular flexibility index (Phi) is 4.31. The standard InChI is InChI=1S/C11H12ClN3OS2/c1-7(6-8-4-3-5-17-8)15(2)10(16)9-13-14-11(12)18-9/h3-5,7H,6H2,1-2H3. The number of aromatic nitrogens is 2. The highest BCUT2D eigenvalue weighted by atomic mass is 35.5. The van der Waals surface area contributed by atoms with E-state index in [0.29, 0.717) is 5.01 Å². The zero-order valence-electron chi connectivity index (χ0n) is 9.96. The molecule has 2 rings (SSSR count). The summed E-state index contributed by atoms with van der Waals surface area (Å²) in [5.74, 6) is -0.136. The highest BCUT2D eigenvalue weighted by Crippen LogP contribution is 2.19. The Hall–Kier alpha value is -0.980. The summed E-state index contributed by atoms with van der Waals surface area (Å²) in [6.45, 7) is 2.01. The van der Waals surface area contributed by atoms with Crippen LogP contribution in [0.15, 0.2) is 17.5 Å². The first-order valence-electron chi connectivity index (χ1n) is 5.36. The number of likely N-dealkylation sites (N-methyl/N-ethyl adjacent to an activating group) is 1. The van der Waals surface area contributed by atoms with Gasteiger partial charge in [-0.3, -0.25) is 4.79 Å². The predicted octanol–water partition coefficient (Wildman–Crippen LogP) is 2.96. The van der Waals surface area contributed by atoms with E-state index >= 15 is 0 Å². The largest absolute Gasteiger partial charge is 0.337 e. The quantitative estimate of drug-likeness (QED) is 0.872. The molecule has 0 bridgehead atoms. The fourth-order valence-corrected chi connectivity index (χ4v) is 3.14. The van der Waals surface area contributed by atoms with Crippen LogP contribution < -0.4 is 0 Å². The SMILES string of the molecule is CC(Cc1cccs1)N(C)C(=O)c1nnc(Cl)s1. The number of thiophene rings is 1. The van der Waals surface area contributed by atoms with E-state index in [9.17, 15) is 4.79 Å². The lowest BCUT2D eigenvalue weighted by atomic mass is 10.2. The summed E-state index contributed by atoms with van der Waals surface area (Å²) in [6.07, 6.45) is 0.840. The van der Waals surface area contributed by atoms with E-state index in [2.05, 4.69) is 16.3 Å². The monoisotopic (exact) mass is 301 g/mol. The Labute approximate surface area is 118 Å². The van der Waals surface area contributed by atoms with Gasteiger partial charge in [-0.05, 0) is 30.0 Å². The third kappa shape index (κ3) is 3.07. The van der Waals surface area contributed by atoms with Gasteiger partial charge in [0.1, 0.15) is 0 Å². The van der Waals surface area contributed by atoms with Crippen LogP contribution in [0.25, 0.3) is 0 Å². The second-order valence-corrected chi connectivity index (χ2v) is 6.50. The first-order valence-corrected chi connectivity index (χ1v) is 7.44. The number of halogens is 1. The summed E-state index contributed by atoms with van der Waals surface area (Å²) in [5.41, 5.74) is 0. The van der Waals surface area contributed by atoms with Crippen LogP contribution in [0.3, 0.4) is 0 Å². The summed E-state index contributed by atoms with van der Waals surface area (Å²) in [4.78, 5) is 15.0. The van der Waals surface area contributed by atoms with Crippen molar-refractivity contribution in [1.82, 2.24) is 15.1 Å². The van der Waals surface area contributed by atoms with Gasteiger partial charge in [-0.25, -0.2) is 0 Å². The fraction of sp³-hybridized carbons (Fsp3) is 0.364. The van der Waals surface area contributed by atoms with Gasteiger partial charge in [-0.15, -0.1) is 21.5 Å². The van der Waals surface area contributed by atoms with Gasteiger partial charge < -0.3 is 4.90 Å². The van der Waals surface area contributed by atoms with Crippen molar-refractivity contribution in [3.05, 3.63) is 31.9 Å². The number of amides is 1. The number of rotatable bonds is 4. The molecule has 4 nitrogen and oxygen atoms in total. The average Bonchev–Trinajstić information content (AvgIpc) is 2.98. The number of hydrogen-bond acceptors (Lipinski definition) is 5. The van der Waals surface area contributed by atoms with Gasteiger partial charge >= 0.3 is 0 Å². The zero-order chi connectivity index (χ0) is 13.1. The third-order valence-electron chi connectivity index (χ3n) is 2.64. The van der Waals surface area contributed by atoms with Crippen molar-refractivity contribution in [2.45, 2.75) is 19.4 Å². The number of carbonyl (C=O) groups is 1. The van der Waals surface area contributed by atoms with Crippen LogP contribution in [0, 0.1) is 0 Å². The molecule has 0 aliphatic carbocycles. The summed E-state index contributed by atoms with van der Waals surface area (Å²) >= 11 is 8.48. The second kappa shape index (κ2) is 5.77. The van der Waals surface area contributed by atoms with E-state index in [1.807, 2.05) is 18.4 Å². The van der Waals surface area contributed by atoms with Gasteiger partial charge in [0, 0.05) is 24.4 Å². The van der Waals surface area contributed by atoms with Crippen LogP contribution in [0.2, 0.25) is 4.47 Å². The van der Waals surface area contributed by atoms with Gasteiger partial charge in [-0.2, -0.15) is 0 Å². The van der Waals surface area contributed by atoms with E-state index in [1.54, 1.807) is 23.3 Å². The van der Waals surface area contributed by atoms with Crippen molar-refractivity contribution in [2.75, 3.05) is 7.05 Å². The van der Waals surface area contributed by atoms with Crippen LogP contribution in [-0.4, -0.2) is 34.1 Å². The molecule has 0 aliphatic heterocycles. The maximum absolute atomic E-state index is 12.1. The van der Waals surface area contributed by atoms with Crippen LogP contribution in [0.1, 0.15) is 21.6 Å². The molecule has 2 aromatic heterocycles. The molecule has 1 unspecified atom stereocenters. The average molecular weight is 302 g/mol. The van der Waals surface area contributed by atoms with Crippen LogP contribution in [0.5, 0.6) is 0 Å². The Balaban J connectivity index is 2.02. The van der Waals surface area contributed by atoms with E-state index in [4.69, 9.17) is 11.6 Å². The van der Waals surface area contributed by atoms with Crippen LogP contribution >= 0.6 is 34.3 Å². The Morgan fingerprint density at radius 2 is 2.33 bits per heavy atom. The zero-order valence-corrected chi connectivity index (χ0v) is 12.3. The summed E-state index contributed by atoms with van der Waals surface area (Å²) in [6, 6.07) is 4.19. The summed E-state index contributed by atoms with van der Waals surface area (Å²) in [7, 11) is 1.77. The third-order valence-corrected chi connectivity index (χ3v) is 4.55. The second-order valence-electron chi connectivity index (χ2n) is 3.91. The summed E-state index contributed by atoms with van der Waals surface area (Å²) in [5, 5.41) is 9.78. The molecule has 18 heavy (non-hydrogen) atoms. The molecule has 7 heteroatoms. The fourth-order valence-electron chi connectivity index (χ4n) is 1.50. The number of carbonyl (C=O) groups excluding carboxylic acids is 1. The maximum atomic E-state index is 12.1. The van der Waals surface area contributed by atoms with Gasteiger partial charge in [0.25, 0.3) is 5.91 Å². The Bertz CT molecular complexity index is 526. The minimum absolute atomic E-state index is 0.110. The van der Waals surface area contributed by atoms with Gasteiger partial charge in [-0.1, -0.05) is 17.4 Å². The number of hydrogen-bond donors (Lipinski definition) is 0. The molecule has 0 spiro atoms. The first kappa shape index (κ1) is 13.5. The van der Waals surface area contributed by atoms with Crippen molar-refractivity contribution in [3.63, 3.8) is 0 Å². The molecule has 0 fully saturated rings. The van der Waals surface area contributed by atoms with E-state index in [1.165, 1.54) is 4.88 Å². The molecule has 1 amide bonds. The normalized spacial score (nSPS) is 12.4. The minimum Gasteiger partial charge on any atom is -0.337 e. The molecule has 0 aliphatic rings. The molecular weight excluding hydrogens is 290 g/mol. The molecule has 1 atom stereocenters. The van der Waals surface area contributed by atoms with E-state index < -0.39 is 0 Å². The van der Waals surface area contributed by atoms with Crippen molar-refractivity contribution in [3.8, 4) is 0 Å². The van der Waals surface area contributed by atoms with Crippen LogP contribution in [-0.2, 0) is 6.42 Å². The molecule has 2 aromatic rings. The van der Waals surface area contributed by atoms with Gasteiger partial charge in [0.15, 0.2) is 0 Å². The van der Waals surface area contributed by atoms with Crippen LogP contribution in [0.4, 0.5) is 0 Å².